The van der Waals surface area contributed by atoms with E-state index in [4.69, 9.17) is 28.9 Å². The quantitative estimate of drug-likeness (QED) is 0.396. The molecule has 0 radical (unpaired) electrons. The van der Waals surface area contributed by atoms with E-state index in [1.807, 2.05) is 13.8 Å². The molecule has 0 saturated carbocycles. The highest BCUT2D eigenvalue weighted by Gasteiger charge is 2.23. The van der Waals surface area contributed by atoms with E-state index in [1.54, 1.807) is 29.2 Å². The van der Waals surface area contributed by atoms with Crippen LogP contribution in [0.2, 0.25) is 10.0 Å². The molecule has 0 spiro atoms. The number of aromatic hydroxyl groups is 1. The lowest BCUT2D eigenvalue weighted by molar-refractivity contribution is -0.131. The maximum atomic E-state index is 12.9. The van der Waals surface area contributed by atoms with Gasteiger partial charge in [0, 0.05) is 30.5 Å². The first-order valence-corrected chi connectivity index (χ1v) is 11.7. The number of primary amides is 1. The molecule has 174 valence electrons. The summed E-state index contributed by atoms with van der Waals surface area (Å²) in [5.41, 5.74) is 6.85. The average molecular weight is 508 g/mol. The largest absolute Gasteiger partial charge is 0.505 e. The van der Waals surface area contributed by atoms with E-state index in [0.717, 1.165) is 23.3 Å². The second-order valence-electron chi connectivity index (χ2n) is 7.62. The van der Waals surface area contributed by atoms with Gasteiger partial charge in [-0.3, -0.25) is 14.4 Å². The zero-order chi connectivity index (χ0) is 24.4. The molecule has 0 fully saturated rings. The highest BCUT2D eigenvalue weighted by Crippen LogP contribution is 2.46. The highest BCUT2D eigenvalue weighted by atomic mass is 35.5. The van der Waals surface area contributed by atoms with Crippen LogP contribution in [0.3, 0.4) is 0 Å². The first kappa shape index (κ1) is 24.8. The van der Waals surface area contributed by atoms with Gasteiger partial charge in [-0.25, -0.2) is 0 Å². The number of hydrogen-bond acceptors (Lipinski definition) is 5. The van der Waals surface area contributed by atoms with Crippen molar-refractivity contribution in [3.63, 3.8) is 0 Å². The van der Waals surface area contributed by atoms with Crippen molar-refractivity contribution in [2.45, 2.75) is 39.8 Å². The number of carbonyl (C=O) groups excluding carboxylic acids is 3. The second-order valence-corrected chi connectivity index (χ2v) is 9.43. The van der Waals surface area contributed by atoms with Crippen LogP contribution in [0, 0.1) is 0 Å². The average Bonchev–Trinajstić information content (AvgIpc) is 3.13. The van der Waals surface area contributed by atoms with E-state index in [-0.39, 0.29) is 38.3 Å². The Hall–Kier alpha value is -2.81. The third-order valence-electron chi connectivity index (χ3n) is 5.42. The lowest BCUT2D eigenvalue weighted by atomic mass is 10.1. The van der Waals surface area contributed by atoms with Crippen LogP contribution in [0.25, 0.3) is 10.1 Å². The van der Waals surface area contributed by atoms with Crippen LogP contribution in [0.4, 0.5) is 5.00 Å². The molecule has 0 bridgehead atoms. The van der Waals surface area contributed by atoms with Crippen molar-refractivity contribution in [3.05, 3.63) is 57.1 Å². The number of halogens is 2. The number of thiophene rings is 1. The summed E-state index contributed by atoms with van der Waals surface area (Å²) in [5.74, 6) is -1.54. The number of carbonyl (C=O) groups is 3. The SMILES string of the molecule is CCC(C)N(Cc1ccc(C(=O)Nc2sc3c(Cl)c(O)c(Cl)cc3c2C(N)=O)cc1)C(C)=O. The first-order chi connectivity index (χ1) is 15.5. The third-order valence-corrected chi connectivity index (χ3v) is 7.33. The molecule has 4 N–H and O–H groups in total. The summed E-state index contributed by atoms with van der Waals surface area (Å²) in [6.07, 6.45) is 0.838. The van der Waals surface area contributed by atoms with E-state index in [0.29, 0.717) is 22.2 Å². The van der Waals surface area contributed by atoms with Crippen molar-refractivity contribution >= 4 is 67.3 Å². The van der Waals surface area contributed by atoms with E-state index < -0.39 is 11.8 Å². The Labute approximate surface area is 205 Å². The number of fused-ring (bicyclic) bond motifs is 1. The maximum absolute atomic E-state index is 12.9. The smallest absolute Gasteiger partial charge is 0.256 e. The summed E-state index contributed by atoms with van der Waals surface area (Å²) >= 11 is 13.2. The van der Waals surface area contributed by atoms with Gasteiger partial charge in [0.05, 0.1) is 15.3 Å². The Bertz CT molecular complexity index is 1240. The summed E-state index contributed by atoms with van der Waals surface area (Å²) in [4.78, 5) is 38.7. The lowest BCUT2D eigenvalue weighted by Crippen LogP contribution is -2.36. The number of anilines is 1. The molecule has 7 nitrogen and oxygen atoms in total. The molecule has 1 atom stereocenters. The predicted molar refractivity (Wildman–Crippen MR) is 132 cm³/mol. The van der Waals surface area contributed by atoms with Gasteiger partial charge in [0.1, 0.15) is 10.0 Å². The maximum Gasteiger partial charge on any atom is 0.256 e. The van der Waals surface area contributed by atoms with Crippen LogP contribution in [0.15, 0.2) is 30.3 Å². The molecule has 0 aliphatic heterocycles. The number of hydrogen-bond donors (Lipinski definition) is 3. The zero-order valence-corrected chi connectivity index (χ0v) is 20.6. The molecule has 1 aromatic heterocycles. The fourth-order valence-corrected chi connectivity index (χ4v) is 5.11. The number of nitrogens with zero attached hydrogens (tertiary/aromatic N) is 1. The topological polar surface area (TPSA) is 113 Å². The molecule has 0 saturated heterocycles. The normalized spacial score (nSPS) is 11.9. The third kappa shape index (κ3) is 5.08. The number of benzene rings is 2. The van der Waals surface area contributed by atoms with Crippen molar-refractivity contribution < 1.29 is 19.5 Å². The molecule has 2 aromatic carbocycles. The molecule has 1 heterocycles. The summed E-state index contributed by atoms with van der Waals surface area (Å²) in [5, 5.41) is 13.2. The lowest BCUT2D eigenvalue weighted by Gasteiger charge is -2.27. The molecule has 0 aliphatic carbocycles. The first-order valence-electron chi connectivity index (χ1n) is 10.2. The van der Waals surface area contributed by atoms with Crippen molar-refractivity contribution in [1.29, 1.82) is 0 Å². The van der Waals surface area contributed by atoms with Crippen LogP contribution < -0.4 is 11.1 Å². The van der Waals surface area contributed by atoms with E-state index in [2.05, 4.69) is 5.32 Å². The van der Waals surface area contributed by atoms with Crippen LogP contribution in [0.5, 0.6) is 5.75 Å². The van der Waals surface area contributed by atoms with E-state index >= 15 is 0 Å². The fourth-order valence-electron chi connectivity index (χ4n) is 3.42. The van der Waals surface area contributed by atoms with Crippen LogP contribution in [0.1, 0.15) is 53.5 Å². The molecule has 33 heavy (non-hydrogen) atoms. The highest BCUT2D eigenvalue weighted by molar-refractivity contribution is 7.24. The summed E-state index contributed by atoms with van der Waals surface area (Å²) in [7, 11) is 0. The fraction of sp³-hybridized carbons (Fsp3) is 0.261. The van der Waals surface area contributed by atoms with E-state index in [1.165, 1.54) is 13.0 Å². The minimum absolute atomic E-state index is 0.0142. The van der Waals surface area contributed by atoms with Gasteiger partial charge in [0.25, 0.3) is 11.8 Å². The summed E-state index contributed by atoms with van der Waals surface area (Å²) < 4.78 is 0.382. The van der Waals surface area contributed by atoms with E-state index in [9.17, 15) is 19.5 Å². The van der Waals surface area contributed by atoms with Crippen molar-refractivity contribution in [2.75, 3.05) is 5.32 Å². The molecule has 10 heteroatoms. The van der Waals surface area contributed by atoms with Gasteiger partial charge < -0.3 is 21.1 Å². The summed E-state index contributed by atoms with van der Waals surface area (Å²) in [6, 6.07) is 8.34. The standard InChI is InChI=1S/C23H23Cl2N3O4S/c1-4-11(2)28(12(3)29)10-13-5-7-14(8-6-13)22(32)27-23-17(21(26)31)15-9-16(24)19(30)18(25)20(15)33-23/h5-9,11,30H,4,10H2,1-3H3,(H2,26,31)(H,27,32). The Morgan fingerprint density at radius 3 is 2.39 bits per heavy atom. The molecule has 0 aliphatic rings. The van der Waals surface area contributed by atoms with Gasteiger partial charge in [-0.05, 0) is 37.1 Å². The van der Waals surface area contributed by atoms with Gasteiger partial charge in [-0.2, -0.15) is 0 Å². The minimum Gasteiger partial charge on any atom is -0.505 e. The molecular formula is C23H23Cl2N3O4S. The van der Waals surface area contributed by atoms with Crippen molar-refractivity contribution in [1.82, 2.24) is 4.90 Å². The monoisotopic (exact) mass is 507 g/mol. The zero-order valence-electron chi connectivity index (χ0n) is 18.2. The Morgan fingerprint density at radius 2 is 1.85 bits per heavy atom. The Morgan fingerprint density at radius 1 is 1.21 bits per heavy atom. The molecule has 1 unspecified atom stereocenters. The van der Waals surface area contributed by atoms with Crippen LogP contribution >= 0.6 is 34.5 Å². The Balaban J connectivity index is 1.87. The molecular weight excluding hydrogens is 485 g/mol. The van der Waals surface area contributed by atoms with Gasteiger partial charge in [-0.15, -0.1) is 11.3 Å². The van der Waals surface area contributed by atoms with Gasteiger partial charge in [0.15, 0.2) is 5.75 Å². The second kappa shape index (κ2) is 9.99. The van der Waals surface area contributed by atoms with Crippen molar-refractivity contribution in [3.8, 4) is 5.75 Å². The van der Waals surface area contributed by atoms with Crippen LogP contribution in [-0.4, -0.2) is 33.8 Å². The number of nitrogens with one attached hydrogen (secondary N) is 1. The van der Waals surface area contributed by atoms with Gasteiger partial charge in [-0.1, -0.05) is 42.3 Å². The molecule has 3 aromatic rings. The summed E-state index contributed by atoms with van der Waals surface area (Å²) in [6.45, 7) is 5.99. The number of rotatable bonds is 7. The number of nitrogens with two attached hydrogens (primary N) is 1. The van der Waals surface area contributed by atoms with Gasteiger partial charge in [0.2, 0.25) is 5.91 Å². The Kier molecular flexibility index (Phi) is 7.51. The number of amides is 3. The minimum atomic E-state index is -0.765. The van der Waals surface area contributed by atoms with Crippen LogP contribution in [-0.2, 0) is 11.3 Å². The van der Waals surface area contributed by atoms with Crippen molar-refractivity contribution in [2.24, 2.45) is 5.73 Å². The predicted octanol–water partition coefficient (Wildman–Crippen LogP) is 5.41. The number of phenolic OH excluding ortho intramolecular Hbond substituents is 1. The number of phenols is 1. The molecule has 3 rings (SSSR count). The van der Waals surface area contributed by atoms with Gasteiger partial charge >= 0.3 is 0 Å². The molecule has 3 amide bonds.